The van der Waals surface area contributed by atoms with E-state index in [0.717, 1.165) is 49.9 Å². The van der Waals surface area contributed by atoms with Crippen LogP contribution in [0.15, 0.2) is 21.2 Å². The maximum absolute atomic E-state index is 11.1. The number of carboxylic acids is 1. The van der Waals surface area contributed by atoms with Crippen molar-refractivity contribution >= 4 is 11.9 Å². The molecule has 0 aromatic carbocycles. The molecule has 156 valence electrons. The predicted molar refractivity (Wildman–Crippen MR) is 102 cm³/mol. The Morgan fingerprint density at radius 3 is 1.86 bits per heavy atom. The number of aryl methyl sites for hydroxylation is 2. The van der Waals surface area contributed by atoms with Gasteiger partial charge in [-0.05, 0) is 32.6 Å². The summed E-state index contributed by atoms with van der Waals surface area (Å²) in [6.07, 6.45) is 6.22. The Kier molecular flexibility index (Phi) is 11.3. The van der Waals surface area contributed by atoms with Crippen LogP contribution in [0.25, 0.3) is 0 Å². The van der Waals surface area contributed by atoms with Crippen LogP contribution in [-0.2, 0) is 40.0 Å². The Labute approximate surface area is 165 Å². The molecule has 8 nitrogen and oxygen atoms in total. The van der Waals surface area contributed by atoms with Gasteiger partial charge >= 0.3 is 11.9 Å². The summed E-state index contributed by atoms with van der Waals surface area (Å²) >= 11 is 0. The average Bonchev–Trinajstić information content (AvgIpc) is 3.27. The summed E-state index contributed by atoms with van der Waals surface area (Å²) in [5, 5.41) is 16.1. The zero-order chi connectivity index (χ0) is 20.8. The van der Waals surface area contributed by atoms with Crippen molar-refractivity contribution in [2.75, 3.05) is 6.61 Å². The van der Waals surface area contributed by atoms with Crippen LogP contribution in [0, 0.1) is 0 Å². The molecule has 0 amide bonds. The van der Waals surface area contributed by atoms with Crippen LogP contribution >= 0.6 is 0 Å². The van der Waals surface area contributed by atoms with Gasteiger partial charge in [0.15, 0.2) is 0 Å². The van der Waals surface area contributed by atoms with Crippen LogP contribution in [0.3, 0.4) is 0 Å². The minimum atomic E-state index is -0.891. The van der Waals surface area contributed by atoms with E-state index in [1.807, 2.05) is 6.07 Å². The second kappa shape index (κ2) is 13.5. The lowest BCUT2D eigenvalue weighted by Crippen LogP contribution is -2.06. The molecule has 2 rings (SSSR count). The second-order valence-corrected chi connectivity index (χ2v) is 6.33. The van der Waals surface area contributed by atoms with E-state index in [-0.39, 0.29) is 18.8 Å². The van der Waals surface area contributed by atoms with E-state index in [0.29, 0.717) is 18.1 Å². The highest BCUT2D eigenvalue weighted by atomic mass is 16.5. The van der Waals surface area contributed by atoms with Gasteiger partial charge in [0.05, 0.1) is 18.0 Å². The quantitative estimate of drug-likeness (QED) is 0.573. The summed E-state index contributed by atoms with van der Waals surface area (Å²) in [5.41, 5.74) is 1.76. The van der Waals surface area contributed by atoms with Gasteiger partial charge in [0.1, 0.15) is 24.4 Å². The van der Waals surface area contributed by atoms with Crippen molar-refractivity contribution in [1.29, 1.82) is 0 Å². The third-order valence-corrected chi connectivity index (χ3v) is 3.74. The van der Waals surface area contributed by atoms with Crippen molar-refractivity contribution in [2.45, 2.75) is 72.1 Å². The first kappa shape index (κ1) is 23.4. The van der Waals surface area contributed by atoms with Crippen LogP contribution in [0.2, 0.25) is 0 Å². The lowest BCUT2D eigenvalue weighted by Gasteiger charge is -1.96. The number of hydrogen-bond acceptors (Lipinski definition) is 7. The topological polar surface area (TPSA) is 116 Å². The number of ether oxygens (including phenoxy) is 1. The summed E-state index contributed by atoms with van der Waals surface area (Å²) in [6, 6.07) is 3.54. The van der Waals surface area contributed by atoms with Gasteiger partial charge in [0, 0.05) is 12.1 Å². The summed E-state index contributed by atoms with van der Waals surface area (Å²) in [7, 11) is 0. The fraction of sp³-hybridized carbons (Fsp3) is 0.600. The molecule has 2 aromatic heterocycles. The molecule has 0 aliphatic rings. The highest BCUT2D eigenvalue weighted by Crippen LogP contribution is 2.09. The van der Waals surface area contributed by atoms with E-state index >= 15 is 0 Å². The molecule has 0 aliphatic heterocycles. The van der Waals surface area contributed by atoms with E-state index < -0.39 is 5.97 Å². The molecule has 0 atom stereocenters. The number of carboxylic acid groups (broad SMARTS) is 1. The number of aliphatic carboxylic acids is 1. The average molecular weight is 394 g/mol. The molecule has 1 N–H and O–H groups in total. The van der Waals surface area contributed by atoms with Gasteiger partial charge in [-0.15, -0.1) is 0 Å². The summed E-state index contributed by atoms with van der Waals surface area (Å²) in [5.74, 6) is -0.146. The molecule has 0 saturated heterocycles. The van der Waals surface area contributed by atoms with Crippen LogP contribution in [-0.4, -0.2) is 34.0 Å². The Morgan fingerprint density at radius 1 is 0.929 bits per heavy atom. The van der Waals surface area contributed by atoms with E-state index in [4.69, 9.17) is 18.9 Å². The monoisotopic (exact) mass is 394 g/mol. The molecule has 0 fully saturated rings. The highest BCUT2D eigenvalue weighted by Gasteiger charge is 2.10. The molecule has 0 spiro atoms. The minimum absolute atomic E-state index is 0.0842. The molecule has 28 heavy (non-hydrogen) atoms. The number of aromatic nitrogens is 2. The zero-order valence-corrected chi connectivity index (χ0v) is 16.9. The van der Waals surface area contributed by atoms with Gasteiger partial charge in [-0.25, -0.2) is 0 Å². The smallest absolute Gasteiger partial charge is 0.313 e. The van der Waals surface area contributed by atoms with Gasteiger partial charge in [0.2, 0.25) is 0 Å². The van der Waals surface area contributed by atoms with Crippen LogP contribution < -0.4 is 0 Å². The first-order chi connectivity index (χ1) is 13.5. The largest absolute Gasteiger partial charge is 0.481 e. The van der Waals surface area contributed by atoms with Crippen LogP contribution in [0.4, 0.5) is 0 Å². The number of esters is 1. The fourth-order valence-electron chi connectivity index (χ4n) is 2.33. The molecule has 0 unspecified atom stereocenters. The summed E-state index contributed by atoms with van der Waals surface area (Å²) in [4.78, 5) is 21.4. The molecular weight excluding hydrogens is 364 g/mol. The van der Waals surface area contributed by atoms with Gasteiger partial charge < -0.3 is 18.9 Å². The molecular formula is C20H30N2O6. The minimum Gasteiger partial charge on any atom is -0.481 e. The number of nitrogens with zero attached hydrogens (tertiary/aromatic N) is 2. The summed E-state index contributed by atoms with van der Waals surface area (Å²) < 4.78 is 14.7. The van der Waals surface area contributed by atoms with Gasteiger partial charge in [-0.3, -0.25) is 9.59 Å². The number of hydrogen-bond donors (Lipinski definition) is 1. The van der Waals surface area contributed by atoms with Gasteiger partial charge in [0.25, 0.3) is 0 Å². The molecule has 2 heterocycles. The summed E-state index contributed by atoms with van der Waals surface area (Å²) in [6.45, 7) is 6.40. The Hall–Kier alpha value is -2.64. The second-order valence-electron chi connectivity index (χ2n) is 6.33. The van der Waals surface area contributed by atoms with Crippen molar-refractivity contribution in [3.05, 3.63) is 35.0 Å². The maximum atomic E-state index is 11.1. The van der Waals surface area contributed by atoms with Crippen molar-refractivity contribution in [1.82, 2.24) is 10.3 Å². The van der Waals surface area contributed by atoms with Crippen molar-refractivity contribution in [3.63, 3.8) is 0 Å². The van der Waals surface area contributed by atoms with Crippen molar-refractivity contribution < 1.29 is 28.5 Å². The first-order valence-corrected chi connectivity index (χ1v) is 9.74. The van der Waals surface area contributed by atoms with E-state index in [2.05, 4.69) is 24.2 Å². The van der Waals surface area contributed by atoms with Crippen molar-refractivity contribution in [2.24, 2.45) is 0 Å². The number of unbranched alkanes of at least 4 members (excludes halogenated alkanes) is 2. The number of rotatable bonds is 11. The highest BCUT2D eigenvalue weighted by molar-refractivity contribution is 5.71. The van der Waals surface area contributed by atoms with Crippen LogP contribution in [0.1, 0.15) is 69.4 Å². The zero-order valence-electron chi connectivity index (χ0n) is 16.9. The molecule has 8 heteroatoms. The normalized spacial score (nSPS) is 10.2. The molecule has 0 bridgehead atoms. The maximum Gasteiger partial charge on any atom is 0.313 e. The third kappa shape index (κ3) is 9.89. The molecule has 0 radical (unpaired) electrons. The third-order valence-electron chi connectivity index (χ3n) is 3.74. The Balaban J connectivity index is 0.000000283. The van der Waals surface area contributed by atoms with E-state index in [9.17, 15) is 9.59 Å². The Bertz CT molecular complexity index is 707. The molecule has 2 aromatic rings. The number of carbonyl (C=O) groups excluding carboxylic acids is 1. The molecule has 0 aliphatic carbocycles. The van der Waals surface area contributed by atoms with E-state index in [1.165, 1.54) is 0 Å². The lowest BCUT2D eigenvalue weighted by molar-refractivity contribution is -0.142. The van der Waals surface area contributed by atoms with Gasteiger partial charge in [-0.1, -0.05) is 37.0 Å². The molecule has 0 saturated carbocycles. The van der Waals surface area contributed by atoms with Crippen molar-refractivity contribution in [3.8, 4) is 0 Å². The lowest BCUT2D eigenvalue weighted by atomic mass is 10.2. The van der Waals surface area contributed by atoms with Crippen LogP contribution in [0.5, 0.6) is 0 Å². The fourth-order valence-corrected chi connectivity index (χ4v) is 2.33. The number of carbonyl (C=O) groups is 2. The first-order valence-electron chi connectivity index (χ1n) is 9.74. The van der Waals surface area contributed by atoms with Gasteiger partial charge in [-0.2, -0.15) is 0 Å². The standard InChI is InChI=1S/C11H17NO3.C9H13NO3/c1-3-5-6-9-7-10(15-12-9)8-11(13)14-4-2;1-2-3-4-7-5-8(13-10-7)6-9(11)12/h7H,3-6,8H2,1-2H3;5H,2-4,6H2,1H3,(H,11,12). The SMILES string of the molecule is CCCCc1cc(CC(=O)O)on1.CCCCc1cc(CC(=O)OCC)on1. The Morgan fingerprint density at radius 2 is 1.43 bits per heavy atom. The predicted octanol–water partition coefficient (Wildman–Crippen LogP) is 3.77. The van der Waals surface area contributed by atoms with E-state index in [1.54, 1.807) is 13.0 Å².